The average Bonchev–Trinajstić information content (AvgIpc) is 2.45. The third kappa shape index (κ3) is 3.76. The maximum absolute atomic E-state index is 9.05. The summed E-state index contributed by atoms with van der Waals surface area (Å²) in [5, 5.41) is 9.05. The molecule has 1 N–H and O–H groups in total. The summed E-state index contributed by atoms with van der Waals surface area (Å²) < 4.78 is 0. The van der Waals surface area contributed by atoms with Gasteiger partial charge in [-0.25, -0.2) is 0 Å². The summed E-state index contributed by atoms with van der Waals surface area (Å²) in [6.07, 6.45) is 5.54. The van der Waals surface area contributed by atoms with Gasteiger partial charge in [-0.2, -0.15) is 0 Å². The van der Waals surface area contributed by atoms with Crippen molar-refractivity contribution in [1.82, 2.24) is 4.98 Å². The maximum Gasteiger partial charge on any atom is 0.0632 e. The number of aliphatic hydroxyl groups excluding tert-OH is 1. The van der Waals surface area contributed by atoms with Gasteiger partial charge < -0.3 is 5.11 Å². The molecule has 19 heavy (non-hydrogen) atoms. The van der Waals surface area contributed by atoms with E-state index in [-0.39, 0.29) is 6.61 Å². The van der Waals surface area contributed by atoms with Crippen LogP contribution in [0.3, 0.4) is 0 Å². The van der Waals surface area contributed by atoms with E-state index in [1.807, 2.05) is 30.3 Å². The Morgan fingerprint density at radius 2 is 1.95 bits per heavy atom. The molecule has 0 fully saturated rings. The summed E-state index contributed by atoms with van der Waals surface area (Å²) in [6, 6.07) is 14.2. The van der Waals surface area contributed by atoms with Crippen LogP contribution in [0, 0.1) is 6.92 Å². The summed E-state index contributed by atoms with van der Waals surface area (Å²) in [5.41, 5.74) is 4.67. The number of hydrogen-bond acceptors (Lipinski definition) is 2. The number of nitrogens with zero attached hydrogens (tertiary/aromatic N) is 1. The second-order valence-electron chi connectivity index (χ2n) is 4.57. The van der Waals surface area contributed by atoms with Crippen molar-refractivity contribution >= 4 is 11.6 Å². The van der Waals surface area contributed by atoms with Crippen LogP contribution in [0.25, 0.3) is 11.6 Å². The minimum absolute atomic E-state index is 0.214. The Morgan fingerprint density at radius 1 is 1.16 bits per heavy atom. The highest BCUT2D eigenvalue weighted by atomic mass is 16.2. The second-order valence-corrected chi connectivity index (χ2v) is 4.57. The van der Waals surface area contributed by atoms with E-state index < -0.39 is 0 Å². The quantitative estimate of drug-likeness (QED) is 0.881. The van der Waals surface area contributed by atoms with Gasteiger partial charge in [0.25, 0.3) is 0 Å². The molecule has 1 aromatic heterocycles. The minimum Gasteiger partial charge on any atom is -0.396 e. The van der Waals surface area contributed by atoms with Crippen molar-refractivity contribution in [2.24, 2.45) is 0 Å². The summed E-state index contributed by atoms with van der Waals surface area (Å²) in [4.78, 5) is 4.34. The number of benzene rings is 1. The lowest BCUT2D eigenvalue weighted by molar-refractivity contribution is 0.290. The highest BCUT2D eigenvalue weighted by Gasteiger charge is 2.05. The van der Waals surface area contributed by atoms with Crippen molar-refractivity contribution in [2.45, 2.75) is 19.8 Å². The van der Waals surface area contributed by atoms with E-state index >= 15 is 0 Å². The van der Waals surface area contributed by atoms with Gasteiger partial charge in [0, 0.05) is 12.8 Å². The zero-order valence-corrected chi connectivity index (χ0v) is 11.2. The van der Waals surface area contributed by atoms with E-state index in [0.29, 0.717) is 0 Å². The number of aromatic nitrogens is 1. The SMILES string of the molecule is Cc1ccccc1/C(=C\c1ccccn1)CCCO. The first-order valence-electron chi connectivity index (χ1n) is 6.59. The van der Waals surface area contributed by atoms with Gasteiger partial charge in [0.2, 0.25) is 0 Å². The largest absolute Gasteiger partial charge is 0.396 e. The zero-order chi connectivity index (χ0) is 13.5. The van der Waals surface area contributed by atoms with Crippen LogP contribution in [-0.4, -0.2) is 16.7 Å². The van der Waals surface area contributed by atoms with Crippen LogP contribution in [0.15, 0.2) is 48.7 Å². The highest BCUT2D eigenvalue weighted by molar-refractivity contribution is 5.81. The molecule has 0 saturated carbocycles. The van der Waals surface area contributed by atoms with Gasteiger partial charge in [-0.15, -0.1) is 0 Å². The van der Waals surface area contributed by atoms with E-state index in [2.05, 4.69) is 30.1 Å². The molecule has 0 spiro atoms. The molecule has 2 aromatic rings. The van der Waals surface area contributed by atoms with Crippen LogP contribution in [0.4, 0.5) is 0 Å². The van der Waals surface area contributed by atoms with Gasteiger partial charge in [0.1, 0.15) is 0 Å². The van der Waals surface area contributed by atoms with Gasteiger partial charge >= 0.3 is 0 Å². The molecule has 0 amide bonds. The Balaban J connectivity index is 2.36. The van der Waals surface area contributed by atoms with Crippen LogP contribution in [0.2, 0.25) is 0 Å². The predicted octanol–water partition coefficient (Wildman–Crippen LogP) is 3.70. The molecule has 0 aliphatic heterocycles. The molecule has 0 bridgehead atoms. The Morgan fingerprint density at radius 3 is 2.63 bits per heavy atom. The number of hydrogen-bond donors (Lipinski definition) is 1. The van der Waals surface area contributed by atoms with Gasteiger partial charge in [-0.05, 0) is 54.7 Å². The van der Waals surface area contributed by atoms with E-state index in [9.17, 15) is 0 Å². The maximum atomic E-state index is 9.05. The van der Waals surface area contributed by atoms with Gasteiger partial charge in [-0.1, -0.05) is 30.3 Å². The Kier molecular flexibility index (Phi) is 4.87. The first-order valence-corrected chi connectivity index (χ1v) is 6.59. The molecule has 0 aliphatic rings. The first kappa shape index (κ1) is 13.5. The fourth-order valence-corrected chi connectivity index (χ4v) is 2.13. The number of rotatable bonds is 5. The minimum atomic E-state index is 0.214. The molecular formula is C17H19NO. The number of allylic oxidation sites excluding steroid dienone is 1. The van der Waals surface area contributed by atoms with Crippen LogP contribution in [-0.2, 0) is 0 Å². The van der Waals surface area contributed by atoms with Crippen molar-refractivity contribution in [3.63, 3.8) is 0 Å². The van der Waals surface area contributed by atoms with E-state index in [1.54, 1.807) is 6.20 Å². The summed E-state index contributed by atoms with van der Waals surface area (Å²) >= 11 is 0. The Bertz CT molecular complexity index is 546. The summed E-state index contributed by atoms with van der Waals surface area (Å²) in [7, 11) is 0. The molecule has 1 heterocycles. The molecule has 0 saturated heterocycles. The smallest absolute Gasteiger partial charge is 0.0632 e. The summed E-state index contributed by atoms with van der Waals surface area (Å²) in [6.45, 7) is 2.33. The van der Waals surface area contributed by atoms with Crippen LogP contribution < -0.4 is 0 Å². The Labute approximate surface area is 114 Å². The Hall–Kier alpha value is -1.93. The molecular weight excluding hydrogens is 234 g/mol. The third-order valence-electron chi connectivity index (χ3n) is 3.11. The molecule has 98 valence electrons. The molecule has 2 heteroatoms. The van der Waals surface area contributed by atoms with Crippen molar-refractivity contribution in [3.05, 3.63) is 65.5 Å². The second kappa shape index (κ2) is 6.86. The molecule has 2 nitrogen and oxygen atoms in total. The molecule has 1 aromatic carbocycles. The molecule has 0 unspecified atom stereocenters. The standard InChI is InChI=1S/C17H19NO/c1-14-7-2-3-10-17(14)15(8-6-12-19)13-16-9-4-5-11-18-16/h2-5,7,9-11,13,19H,6,8,12H2,1H3/b15-13-. The van der Waals surface area contributed by atoms with Crippen LogP contribution in [0.5, 0.6) is 0 Å². The van der Waals surface area contributed by atoms with Crippen molar-refractivity contribution in [1.29, 1.82) is 0 Å². The molecule has 0 aliphatic carbocycles. The van der Waals surface area contributed by atoms with Gasteiger partial charge in [-0.3, -0.25) is 4.98 Å². The fourth-order valence-electron chi connectivity index (χ4n) is 2.13. The van der Waals surface area contributed by atoms with E-state index in [1.165, 1.54) is 16.7 Å². The lowest BCUT2D eigenvalue weighted by atomic mass is 9.96. The van der Waals surface area contributed by atoms with Crippen molar-refractivity contribution in [2.75, 3.05) is 6.61 Å². The lowest BCUT2D eigenvalue weighted by Crippen LogP contribution is -1.92. The topological polar surface area (TPSA) is 33.1 Å². The molecule has 2 rings (SSSR count). The van der Waals surface area contributed by atoms with E-state index in [0.717, 1.165) is 18.5 Å². The zero-order valence-electron chi connectivity index (χ0n) is 11.2. The van der Waals surface area contributed by atoms with Gasteiger partial charge in [0.15, 0.2) is 0 Å². The van der Waals surface area contributed by atoms with E-state index in [4.69, 9.17) is 5.11 Å². The monoisotopic (exact) mass is 253 g/mol. The number of aliphatic hydroxyl groups is 1. The number of aryl methyl sites for hydroxylation is 1. The average molecular weight is 253 g/mol. The number of pyridine rings is 1. The van der Waals surface area contributed by atoms with Crippen LogP contribution >= 0.6 is 0 Å². The predicted molar refractivity (Wildman–Crippen MR) is 79.6 cm³/mol. The summed E-state index contributed by atoms with van der Waals surface area (Å²) in [5.74, 6) is 0. The first-order chi connectivity index (χ1) is 9.31. The van der Waals surface area contributed by atoms with Crippen LogP contribution in [0.1, 0.15) is 29.7 Å². The lowest BCUT2D eigenvalue weighted by Gasteiger charge is -2.10. The van der Waals surface area contributed by atoms with Gasteiger partial charge in [0.05, 0.1) is 5.69 Å². The van der Waals surface area contributed by atoms with Crippen molar-refractivity contribution in [3.8, 4) is 0 Å². The molecule has 0 atom stereocenters. The fraction of sp³-hybridized carbons (Fsp3) is 0.235. The third-order valence-corrected chi connectivity index (χ3v) is 3.11. The van der Waals surface area contributed by atoms with Crippen molar-refractivity contribution < 1.29 is 5.11 Å². The molecule has 0 radical (unpaired) electrons. The highest BCUT2D eigenvalue weighted by Crippen LogP contribution is 2.25. The normalized spacial score (nSPS) is 11.6.